The third-order valence-electron chi connectivity index (χ3n) is 7.53. The van der Waals surface area contributed by atoms with E-state index in [0.717, 1.165) is 70.6 Å². The zero-order valence-corrected chi connectivity index (χ0v) is 21.0. The number of aliphatic imine (C=N–C) groups is 1. The van der Waals surface area contributed by atoms with Crippen LogP contribution in [0, 0.1) is 5.92 Å². The van der Waals surface area contributed by atoms with E-state index < -0.39 is 24.8 Å². The smallest absolute Gasteiger partial charge is 0.389 e. The number of piperazine rings is 1. The molecule has 0 aromatic rings. The summed E-state index contributed by atoms with van der Waals surface area (Å²) in [5, 5.41) is 10.0. The summed E-state index contributed by atoms with van der Waals surface area (Å²) in [6, 6.07) is 0.133. The number of nitrogens with zero attached hydrogens (tertiary/aromatic N) is 3. The highest BCUT2D eigenvalue weighted by molar-refractivity contribution is 5.86. The molecule has 0 bridgehead atoms. The predicted molar refractivity (Wildman–Crippen MR) is 132 cm³/mol. The van der Waals surface area contributed by atoms with Gasteiger partial charge in [0.15, 0.2) is 6.29 Å². The summed E-state index contributed by atoms with van der Waals surface area (Å²) in [5.41, 5.74) is 1.24. The fourth-order valence-electron chi connectivity index (χ4n) is 5.44. The maximum Gasteiger partial charge on any atom is 0.389 e. The average Bonchev–Trinajstić information content (AvgIpc) is 2.83. The van der Waals surface area contributed by atoms with Crippen LogP contribution in [0.3, 0.4) is 0 Å². The van der Waals surface area contributed by atoms with E-state index in [2.05, 4.69) is 44.9 Å². The molecule has 1 saturated carbocycles. The Morgan fingerprint density at radius 3 is 2.57 bits per heavy atom. The van der Waals surface area contributed by atoms with Crippen molar-refractivity contribution in [1.29, 1.82) is 0 Å². The molecule has 35 heavy (non-hydrogen) atoms. The Balaban J connectivity index is 1.38. The first-order chi connectivity index (χ1) is 16.8. The van der Waals surface area contributed by atoms with E-state index in [1.54, 1.807) is 7.11 Å². The fourth-order valence-corrected chi connectivity index (χ4v) is 5.44. The molecule has 4 rings (SSSR count). The lowest BCUT2D eigenvalue weighted by Gasteiger charge is -2.36. The molecule has 0 amide bonds. The molecule has 0 aromatic carbocycles. The van der Waals surface area contributed by atoms with E-state index in [4.69, 9.17) is 9.73 Å². The number of hydrogen-bond acceptors (Lipinski definition) is 7. The molecule has 2 aliphatic carbocycles. The van der Waals surface area contributed by atoms with E-state index in [9.17, 15) is 13.2 Å². The summed E-state index contributed by atoms with van der Waals surface area (Å²) in [4.78, 5) is 9.49. The Morgan fingerprint density at radius 1 is 1.14 bits per heavy atom. The third-order valence-corrected chi connectivity index (χ3v) is 7.53. The van der Waals surface area contributed by atoms with Crippen LogP contribution in [0.5, 0.6) is 0 Å². The summed E-state index contributed by atoms with van der Waals surface area (Å²) in [7, 11) is 3.83. The number of hydrogen-bond donors (Lipinski definition) is 3. The fraction of sp³-hybridized carbons (Fsp3) is 0.800. The molecule has 3 unspecified atom stereocenters. The molecule has 7 nitrogen and oxygen atoms in total. The number of nitrogens with one attached hydrogen (secondary N) is 3. The number of amidine groups is 1. The van der Waals surface area contributed by atoms with Crippen molar-refractivity contribution in [2.45, 2.75) is 69.5 Å². The van der Waals surface area contributed by atoms with Crippen molar-refractivity contribution in [2.24, 2.45) is 10.9 Å². The molecule has 0 spiro atoms. The van der Waals surface area contributed by atoms with Crippen molar-refractivity contribution >= 4 is 5.84 Å². The van der Waals surface area contributed by atoms with Gasteiger partial charge in [-0.2, -0.15) is 13.2 Å². The molecule has 4 aliphatic rings. The van der Waals surface area contributed by atoms with Gasteiger partial charge in [-0.05, 0) is 38.0 Å². The van der Waals surface area contributed by atoms with Gasteiger partial charge in [0.2, 0.25) is 0 Å². The second kappa shape index (κ2) is 12.1. The Bertz CT molecular complexity index is 785. The minimum absolute atomic E-state index is 0.0763. The highest BCUT2D eigenvalue weighted by atomic mass is 19.4. The molecule has 10 heteroatoms. The normalized spacial score (nSPS) is 29.9. The van der Waals surface area contributed by atoms with Gasteiger partial charge in [0.05, 0.1) is 19.6 Å². The summed E-state index contributed by atoms with van der Waals surface area (Å²) in [5.74, 6) is 0.636. The number of rotatable bonds is 7. The van der Waals surface area contributed by atoms with Crippen molar-refractivity contribution < 1.29 is 17.9 Å². The summed E-state index contributed by atoms with van der Waals surface area (Å²) in [6.07, 6.45) is 4.95. The molecule has 3 atom stereocenters. The molecule has 198 valence electrons. The predicted octanol–water partition coefficient (Wildman–Crippen LogP) is 2.83. The quantitative estimate of drug-likeness (QED) is 0.502. The van der Waals surface area contributed by atoms with Crippen LogP contribution in [0.1, 0.15) is 44.9 Å². The Hall–Kier alpha value is -1.62. The van der Waals surface area contributed by atoms with Crippen LogP contribution in [0.2, 0.25) is 0 Å². The summed E-state index contributed by atoms with van der Waals surface area (Å²) >= 11 is 0. The van der Waals surface area contributed by atoms with Gasteiger partial charge >= 0.3 is 6.18 Å². The Morgan fingerprint density at radius 2 is 1.89 bits per heavy atom. The van der Waals surface area contributed by atoms with E-state index >= 15 is 0 Å². The van der Waals surface area contributed by atoms with Crippen molar-refractivity contribution in [3.8, 4) is 0 Å². The monoisotopic (exact) mass is 498 g/mol. The van der Waals surface area contributed by atoms with Crippen LogP contribution >= 0.6 is 0 Å². The zero-order valence-electron chi connectivity index (χ0n) is 21.0. The molecule has 2 aliphatic heterocycles. The van der Waals surface area contributed by atoms with Crippen LogP contribution in [-0.4, -0.2) is 93.6 Å². The molecule has 0 radical (unpaired) electrons. The number of alkyl halides is 3. The first-order valence-corrected chi connectivity index (χ1v) is 13.0. The minimum Gasteiger partial charge on any atom is -0.499 e. The Labute approximate surface area is 207 Å². The van der Waals surface area contributed by atoms with Gasteiger partial charge in [0.25, 0.3) is 0 Å². The minimum atomic E-state index is -4.22. The summed E-state index contributed by atoms with van der Waals surface area (Å²) in [6.45, 7) is 5.41. The van der Waals surface area contributed by atoms with Crippen molar-refractivity contribution in [1.82, 2.24) is 25.8 Å². The Kier molecular flexibility index (Phi) is 9.13. The SMILES string of the molecule is COC1=CC(CN2CCN(C)CC2)=CCC1NC1N=C(NC2CCCCC2)C(CC(F)(F)F)CN1. The molecular formula is C25H41F3N6O. The van der Waals surface area contributed by atoms with E-state index in [-0.39, 0.29) is 18.6 Å². The van der Waals surface area contributed by atoms with Crippen LogP contribution < -0.4 is 16.0 Å². The lowest BCUT2D eigenvalue weighted by Crippen LogP contribution is -2.56. The summed E-state index contributed by atoms with van der Waals surface area (Å²) < 4.78 is 45.4. The molecule has 3 N–H and O–H groups in total. The van der Waals surface area contributed by atoms with Gasteiger partial charge in [-0.3, -0.25) is 15.5 Å². The van der Waals surface area contributed by atoms with Crippen molar-refractivity contribution in [3.05, 3.63) is 23.5 Å². The lowest BCUT2D eigenvalue weighted by molar-refractivity contribution is -0.140. The highest BCUT2D eigenvalue weighted by Gasteiger charge is 2.37. The van der Waals surface area contributed by atoms with Gasteiger partial charge in [-0.15, -0.1) is 0 Å². The van der Waals surface area contributed by atoms with Crippen LogP contribution in [0.4, 0.5) is 13.2 Å². The van der Waals surface area contributed by atoms with Crippen molar-refractivity contribution in [3.63, 3.8) is 0 Å². The zero-order chi connectivity index (χ0) is 24.8. The number of methoxy groups -OCH3 is 1. The standard InChI is InChI=1S/C25H41F3N6O/c1-33-10-12-34(13-11-33)17-18-8-9-21(22(14-18)35-2)31-24-29-16-19(15-25(26,27)28)23(32-24)30-20-6-4-3-5-7-20/h8,14,19-21,24,29,31H,3-7,9-13,15-17H2,1-2H3,(H,30,32). The van der Waals surface area contributed by atoms with Crippen LogP contribution in [0.25, 0.3) is 0 Å². The molecule has 2 heterocycles. The maximum absolute atomic E-state index is 13.2. The maximum atomic E-state index is 13.2. The first-order valence-electron chi connectivity index (χ1n) is 13.0. The average molecular weight is 499 g/mol. The molecule has 0 aromatic heterocycles. The number of halogens is 3. The topological polar surface area (TPSA) is 64.2 Å². The van der Waals surface area contributed by atoms with E-state index in [0.29, 0.717) is 5.84 Å². The van der Waals surface area contributed by atoms with Gasteiger partial charge in [0.1, 0.15) is 11.6 Å². The van der Waals surface area contributed by atoms with Gasteiger partial charge in [-0.1, -0.05) is 25.3 Å². The van der Waals surface area contributed by atoms with Crippen LogP contribution in [-0.2, 0) is 4.74 Å². The molecule has 1 saturated heterocycles. The third kappa shape index (κ3) is 7.93. The lowest BCUT2D eigenvalue weighted by atomic mass is 9.94. The highest BCUT2D eigenvalue weighted by Crippen LogP contribution is 2.28. The van der Waals surface area contributed by atoms with Gasteiger partial charge in [-0.25, -0.2) is 4.99 Å². The number of likely N-dealkylation sites (N-methyl/N-ethyl adjacent to an activating group) is 1. The molecular weight excluding hydrogens is 457 g/mol. The van der Waals surface area contributed by atoms with Gasteiger partial charge < -0.3 is 15.0 Å². The van der Waals surface area contributed by atoms with Gasteiger partial charge in [0, 0.05) is 51.2 Å². The van der Waals surface area contributed by atoms with Crippen molar-refractivity contribution in [2.75, 3.05) is 53.4 Å². The van der Waals surface area contributed by atoms with Crippen LogP contribution in [0.15, 0.2) is 28.5 Å². The largest absolute Gasteiger partial charge is 0.499 e. The second-order valence-corrected chi connectivity index (χ2v) is 10.4. The van der Waals surface area contributed by atoms with E-state index in [1.807, 2.05) is 0 Å². The molecule has 2 fully saturated rings. The second-order valence-electron chi connectivity index (χ2n) is 10.4. The van der Waals surface area contributed by atoms with E-state index in [1.165, 1.54) is 12.0 Å². The number of ether oxygens (including phenoxy) is 1. The first kappa shape index (κ1) is 26.4.